The molecule has 0 aromatic heterocycles. The third kappa shape index (κ3) is 1.57. The van der Waals surface area contributed by atoms with Gasteiger partial charge in [-0.2, -0.15) is 0 Å². The zero-order chi connectivity index (χ0) is 10.1. The van der Waals surface area contributed by atoms with Crippen LogP contribution in [0.5, 0.6) is 5.75 Å². The maximum atomic E-state index is 13.0. The van der Waals surface area contributed by atoms with Crippen molar-refractivity contribution in [1.29, 1.82) is 0 Å². The summed E-state index contributed by atoms with van der Waals surface area (Å²) < 4.78 is 26.0. The quantitative estimate of drug-likeness (QED) is 0.722. The molecule has 1 unspecified atom stereocenters. The van der Waals surface area contributed by atoms with Crippen molar-refractivity contribution in [1.82, 2.24) is 5.32 Å². The molecule has 0 amide bonds. The molecule has 0 spiro atoms. The first kappa shape index (κ1) is 9.40. The SMILES string of the molecule is Oc1c(F)cc(C2CCNC2)cc1F. The Morgan fingerprint density at radius 3 is 2.43 bits per heavy atom. The van der Waals surface area contributed by atoms with Crippen LogP contribution in [0.25, 0.3) is 0 Å². The van der Waals surface area contributed by atoms with Gasteiger partial charge in [0.15, 0.2) is 17.4 Å². The lowest BCUT2D eigenvalue weighted by Crippen LogP contribution is -2.08. The van der Waals surface area contributed by atoms with Crippen molar-refractivity contribution in [3.63, 3.8) is 0 Å². The maximum Gasteiger partial charge on any atom is 0.187 e. The van der Waals surface area contributed by atoms with Crippen molar-refractivity contribution >= 4 is 0 Å². The monoisotopic (exact) mass is 199 g/mol. The number of benzene rings is 1. The Morgan fingerprint density at radius 1 is 1.29 bits per heavy atom. The Labute approximate surface area is 80.6 Å². The average Bonchev–Trinajstić information content (AvgIpc) is 2.66. The van der Waals surface area contributed by atoms with E-state index in [9.17, 15) is 8.78 Å². The molecule has 1 aromatic rings. The van der Waals surface area contributed by atoms with E-state index in [-0.39, 0.29) is 5.92 Å². The molecule has 0 aliphatic carbocycles. The summed E-state index contributed by atoms with van der Waals surface area (Å²) in [5.41, 5.74) is 0.614. The minimum absolute atomic E-state index is 0.152. The van der Waals surface area contributed by atoms with Crippen LogP contribution in [0.2, 0.25) is 0 Å². The molecule has 2 rings (SSSR count). The molecule has 1 aliphatic rings. The Morgan fingerprint density at radius 2 is 1.93 bits per heavy atom. The van der Waals surface area contributed by atoms with Crippen LogP contribution < -0.4 is 5.32 Å². The number of phenolic OH excluding ortho intramolecular Hbond substituents is 1. The molecule has 2 nitrogen and oxygen atoms in total. The van der Waals surface area contributed by atoms with Gasteiger partial charge in [-0.3, -0.25) is 0 Å². The van der Waals surface area contributed by atoms with Gasteiger partial charge in [0.05, 0.1) is 0 Å². The first-order chi connectivity index (χ1) is 6.68. The fourth-order valence-electron chi connectivity index (χ4n) is 1.76. The van der Waals surface area contributed by atoms with Crippen LogP contribution in [0, 0.1) is 11.6 Å². The second-order valence-corrected chi connectivity index (χ2v) is 3.52. The van der Waals surface area contributed by atoms with Gasteiger partial charge in [-0.15, -0.1) is 0 Å². The Hall–Kier alpha value is -1.16. The average molecular weight is 199 g/mol. The van der Waals surface area contributed by atoms with Crippen molar-refractivity contribution in [2.24, 2.45) is 0 Å². The van der Waals surface area contributed by atoms with Gasteiger partial charge in [0.2, 0.25) is 0 Å². The van der Waals surface area contributed by atoms with Crippen LogP contribution in [0.4, 0.5) is 8.78 Å². The zero-order valence-corrected chi connectivity index (χ0v) is 7.56. The van der Waals surface area contributed by atoms with Crippen molar-refractivity contribution in [3.05, 3.63) is 29.3 Å². The van der Waals surface area contributed by atoms with Crippen molar-refractivity contribution in [2.75, 3.05) is 13.1 Å². The highest BCUT2D eigenvalue weighted by Gasteiger charge is 2.19. The van der Waals surface area contributed by atoms with Crippen molar-refractivity contribution < 1.29 is 13.9 Å². The molecule has 0 saturated carbocycles. The first-order valence-corrected chi connectivity index (χ1v) is 4.57. The maximum absolute atomic E-state index is 13.0. The lowest BCUT2D eigenvalue weighted by Gasteiger charge is -2.09. The molecule has 2 N–H and O–H groups in total. The van der Waals surface area contributed by atoms with E-state index in [1.807, 2.05) is 0 Å². The fourth-order valence-corrected chi connectivity index (χ4v) is 1.76. The predicted octanol–water partition coefficient (Wildman–Crippen LogP) is 1.75. The number of phenols is 1. The Bertz CT molecular complexity index is 325. The van der Waals surface area contributed by atoms with E-state index in [0.717, 1.165) is 19.5 Å². The molecule has 4 heteroatoms. The number of hydrogen-bond acceptors (Lipinski definition) is 2. The van der Waals surface area contributed by atoms with Crippen LogP contribution in [-0.2, 0) is 0 Å². The van der Waals surface area contributed by atoms with Crippen molar-refractivity contribution in [3.8, 4) is 5.75 Å². The van der Waals surface area contributed by atoms with Gasteiger partial charge < -0.3 is 10.4 Å². The molecule has 14 heavy (non-hydrogen) atoms. The predicted molar refractivity (Wildman–Crippen MR) is 48.3 cm³/mol. The van der Waals surface area contributed by atoms with Crippen LogP contribution >= 0.6 is 0 Å². The van der Waals surface area contributed by atoms with Gasteiger partial charge in [-0.25, -0.2) is 8.78 Å². The van der Waals surface area contributed by atoms with Gasteiger partial charge in [-0.05, 0) is 36.6 Å². The number of nitrogens with one attached hydrogen (secondary N) is 1. The summed E-state index contributed by atoms with van der Waals surface area (Å²) in [5.74, 6) is -2.50. The number of halogens is 2. The van der Waals surface area contributed by atoms with Gasteiger partial charge >= 0.3 is 0 Å². The summed E-state index contributed by atoms with van der Waals surface area (Å²) in [6.45, 7) is 1.61. The van der Waals surface area contributed by atoms with Crippen LogP contribution in [0.15, 0.2) is 12.1 Å². The minimum atomic E-state index is -0.889. The van der Waals surface area contributed by atoms with Crippen LogP contribution in [-0.4, -0.2) is 18.2 Å². The topological polar surface area (TPSA) is 32.3 Å². The number of aromatic hydroxyl groups is 1. The molecule has 0 bridgehead atoms. The van der Waals surface area contributed by atoms with Gasteiger partial charge in [0.25, 0.3) is 0 Å². The molecular weight excluding hydrogens is 188 g/mol. The summed E-state index contributed by atoms with van der Waals surface area (Å²) in [6.07, 6.45) is 0.879. The van der Waals surface area contributed by atoms with E-state index < -0.39 is 17.4 Å². The Kier molecular flexibility index (Phi) is 2.37. The zero-order valence-electron chi connectivity index (χ0n) is 7.56. The molecule has 0 radical (unpaired) electrons. The molecule has 1 fully saturated rings. The lowest BCUT2D eigenvalue weighted by atomic mass is 9.98. The van der Waals surface area contributed by atoms with Crippen molar-refractivity contribution in [2.45, 2.75) is 12.3 Å². The molecule has 76 valence electrons. The summed E-state index contributed by atoms with van der Waals surface area (Å²) >= 11 is 0. The molecule has 1 aromatic carbocycles. The second kappa shape index (κ2) is 3.53. The van der Waals surface area contributed by atoms with E-state index in [2.05, 4.69) is 5.32 Å². The van der Waals surface area contributed by atoms with Gasteiger partial charge in [0, 0.05) is 6.54 Å². The normalized spacial score (nSPS) is 21.4. The Balaban J connectivity index is 2.34. The summed E-state index contributed by atoms with van der Waals surface area (Å²) in [6, 6.07) is 2.41. The number of rotatable bonds is 1. The van der Waals surface area contributed by atoms with Crippen LogP contribution in [0.1, 0.15) is 17.9 Å². The van der Waals surface area contributed by atoms with E-state index >= 15 is 0 Å². The highest BCUT2D eigenvalue weighted by molar-refractivity contribution is 5.32. The van der Waals surface area contributed by atoms with E-state index in [4.69, 9.17) is 5.11 Å². The third-order valence-corrected chi connectivity index (χ3v) is 2.57. The summed E-state index contributed by atoms with van der Waals surface area (Å²) in [4.78, 5) is 0. The molecule has 1 saturated heterocycles. The lowest BCUT2D eigenvalue weighted by molar-refractivity contribution is 0.394. The highest BCUT2D eigenvalue weighted by Crippen LogP contribution is 2.28. The molecule has 1 heterocycles. The number of hydrogen-bond donors (Lipinski definition) is 2. The fraction of sp³-hybridized carbons (Fsp3) is 0.400. The third-order valence-electron chi connectivity index (χ3n) is 2.57. The molecular formula is C10H11F2NO. The smallest absolute Gasteiger partial charge is 0.187 e. The highest BCUT2D eigenvalue weighted by atomic mass is 19.1. The molecule has 1 aliphatic heterocycles. The standard InChI is InChI=1S/C10H11F2NO/c11-8-3-7(4-9(12)10(8)14)6-1-2-13-5-6/h3-4,6,13-14H,1-2,5H2. The summed E-state index contributed by atoms with van der Waals surface area (Å²) in [5, 5.41) is 12.0. The first-order valence-electron chi connectivity index (χ1n) is 4.57. The minimum Gasteiger partial charge on any atom is -0.503 e. The molecule has 1 atom stereocenters. The van der Waals surface area contributed by atoms with E-state index in [1.54, 1.807) is 0 Å². The van der Waals surface area contributed by atoms with Crippen LogP contribution in [0.3, 0.4) is 0 Å². The van der Waals surface area contributed by atoms with Gasteiger partial charge in [-0.1, -0.05) is 0 Å². The summed E-state index contributed by atoms with van der Waals surface area (Å²) in [7, 11) is 0. The van der Waals surface area contributed by atoms with E-state index in [1.165, 1.54) is 12.1 Å². The second-order valence-electron chi connectivity index (χ2n) is 3.52. The largest absolute Gasteiger partial charge is 0.503 e. The van der Waals surface area contributed by atoms with Gasteiger partial charge in [0.1, 0.15) is 0 Å². The van der Waals surface area contributed by atoms with E-state index in [0.29, 0.717) is 5.56 Å².